The molecule has 0 aliphatic carbocycles. The highest BCUT2D eigenvalue weighted by Crippen LogP contribution is 2.55. The maximum absolute atomic E-state index is 12.8. The van der Waals surface area contributed by atoms with Crippen LogP contribution in [0.5, 0.6) is 0 Å². The number of hydrogen-bond acceptors (Lipinski definition) is 8. The van der Waals surface area contributed by atoms with Crippen LogP contribution >= 0.6 is 7.60 Å². The zero-order valence-corrected chi connectivity index (χ0v) is 20.7. The number of aliphatic hydroxyl groups is 1. The number of aliphatic hydroxyl groups excluding tert-OH is 1. The van der Waals surface area contributed by atoms with Crippen molar-refractivity contribution < 1.29 is 27.9 Å². The average molecular weight is 465 g/mol. The lowest BCUT2D eigenvalue weighted by molar-refractivity contribution is -0.0638. The standard InChI is InChI=1S/C18H33N2O8PSi/c1-11-10-20(17(23)19-15(11)21)13-9-12(28-30(7,8)18(2,3)4)14(27-13)16(22)29(24,25-5)26-6/h10,12-14,16,22H,9H2,1-8H3,(H,19,21,23)/t12-,13+,14-,16-/m0/s1. The van der Waals surface area contributed by atoms with Gasteiger partial charge in [0.1, 0.15) is 12.3 Å². The van der Waals surface area contributed by atoms with E-state index in [0.717, 1.165) is 0 Å². The molecule has 0 bridgehead atoms. The van der Waals surface area contributed by atoms with Gasteiger partial charge in [-0.25, -0.2) is 4.79 Å². The summed E-state index contributed by atoms with van der Waals surface area (Å²) in [4.78, 5) is 26.3. The topological polar surface area (TPSA) is 129 Å². The fourth-order valence-electron chi connectivity index (χ4n) is 3.04. The van der Waals surface area contributed by atoms with Gasteiger partial charge in [0.25, 0.3) is 5.56 Å². The van der Waals surface area contributed by atoms with Gasteiger partial charge in [-0.3, -0.25) is 18.9 Å². The van der Waals surface area contributed by atoms with Crippen LogP contribution < -0.4 is 11.2 Å². The number of ether oxygens (including phenoxy) is 1. The minimum Gasteiger partial charge on any atom is -0.411 e. The van der Waals surface area contributed by atoms with Crippen molar-refractivity contribution >= 4 is 15.9 Å². The second kappa shape index (κ2) is 8.82. The van der Waals surface area contributed by atoms with E-state index in [4.69, 9.17) is 18.2 Å². The number of nitrogens with one attached hydrogen (secondary N) is 1. The molecule has 2 heterocycles. The van der Waals surface area contributed by atoms with Crippen LogP contribution in [0.15, 0.2) is 15.8 Å². The number of hydrogen-bond donors (Lipinski definition) is 2. The van der Waals surface area contributed by atoms with Crippen LogP contribution in [0, 0.1) is 6.92 Å². The van der Waals surface area contributed by atoms with Crippen molar-refractivity contribution in [2.45, 2.75) is 76.5 Å². The van der Waals surface area contributed by atoms with Gasteiger partial charge in [0.15, 0.2) is 14.2 Å². The molecule has 30 heavy (non-hydrogen) atoms. The summed E-state index contributed by atoms with van der Waals surface area (Å²) in [5.74, 6) is -1.62. The summed E-state index contributed by atoms with van der Waals surface area (Å²) in [6.07, 6.45) is -0.939. The second-order valence-corrected chi connectivity index (χ2v) is 16.1. The minimum absolute atomic E-state index is 0.127. The van der Waals surface area contributed by atoms with E-state index in [-0.39, 0.29) is 11.5 Å². The van der Waals surface area contributed by atoms with Crippen LogP contribution in [-0.2, 0) is 22.8 Å². The molecule has 10 nitrogen and oxygen atoms in total. The largest absolute Gasteiger partial charge is 0.411 e. The maximum Gasteiger partial charge on any atom is 0.361 e. The van der Waals surface area contributed by atoms with Gasteiger partial charge in [-0.05, 0) is 25.1 Å². The fourth-order valence-corrected chi connectivity index (χ4v) is 5.58. The molecule has 1 aliphatic heterocycles. The van der Waals surface area contributed by atoms with Gasteiger partial charge in [0, 0.05) is 32.4 Å². The maximum atomic E-state index is 12.8. The van der Waals surface area contributed by atoms with Gasteiger partial charge in [0.2, 0.25) is 0 Å². The fraction of sp³-hybridized carbons (Fsp3) is 0.778. The van der Waals surface area contributed by atoms with E-state index in [0.29, 0.717) is 5.56 Å². The van der Waals surface area contributed by atoms with E-state index >= 15 is 0 Å². The Morgan fingerprint density at radius 2 is 1.87 bits per heavy atom. The summed E-state index contributed by atoms with van der Waals surface area (Å²) in [5, 5.41) is 10.7. The molecule has 0 saturated carbocycles. The summed E-state index contributed by atoms with van der Waals surface area (Å²) in [7, 11) is -3.84. The number of H-pyrrole nitrogens is 1. The first-order chi connectivity index (χ1) is 13.7. The average Bonchev–Trinajstić information content (AvgIpc) is 3.05. The summed E-state index contributed by atoms with van der Waals surface area (Å²) in [5.41, 5.74) is -0.787. The molecule has 1 fully saturated rings. The van der Waals surface area contributed by atoms with Gasteiger partial charge in [-0.1, -0.05) is 20.8 Å². The van der Waals surface area contributed by atoms with E-state index in [1.54, 1.807) is 6.92 Å². The monoisotopic (exact) mass is 464 g/mol. The third-order valence-corrected chi connectivity index (χ3v) is 12.4. The number of aryl methyl sites for hydroxylation is 1. The number of nitrogens with zero attached hydrogens (tertiary/aromatic N) is 1. The Morgan fingerprint density at radius 1 is 1.30 bits per heavy atom. The third kappa shape index (κ3) is 4.88. The van der Waals surface area contributed by atoms with Crippen molar-refractivity contribution in [2.24, 2.45) is 0 Å². The lowest BCUT2D eigenvalue weighted by Crippen LogP contribution is -2.48. The number of aromatic nitrogens is 2. The highest BCUT2D eigenvalue weighted by Gasteiger charge is 2.52. The Hall–Kier alpha value is -1.07. The second-order valence-electron chi connectivity index (χ2n) is 9.00. The van der Waals surface area contributed by atoms with E-state index < -0.39 is 51.4 Å². The van der Waals surface area contributed by atoms with Crippen molar-refractivity contribution in [2.75, 3.05) is 14.2 Å². The van der Waals surface area contributed by atoms with Crippen LogP contribution in [-0.4, -0.2) is 55.2 Å². The summed E-state index contributed by atoms with van der Waals surface area (Å²) in [6, 6.07) is 0. The van der Waals surface area contributed by atoms with Gasteiger partial charge >= 0.3 is 13.3 Å². The molecular weight excluding hydrogens is 431 g/mol. The van der Waals surface area contributed by atoms with Gasteiger partial charge < -0.3 is 23.3 Å². The summed E-state index contributed by atoms with van der Waals surface area (Å²) in [6.45, 7) is 11.9. The van der Waals surface area contributed by atoms with Crippen LogP contribution in [0.3, 0.4) is 0 Å². The Kier molecular flexibility index (Phi) is 7.40. The molecule has 1 saturated heterocycles. The molecule has 1 aliphatic rings. The van der Waals surface area contributed by atoms with Crippen molar-refractivity contribution in [3.05, 3.63) is 32.6 Å². The smallest absolute Gasteiger partial charge is 0.361 e. The SMILES string of the molecule is COP(=O)(OC)[C@H](O)[C@H]1O[C@@H](n2cc(C)c(=O)[nH]c2=O)C[C@@H]1O[Si](C)(C)C(C)(C)C. The molecule has 0 aromatic carbocycles. The first kappa shape index (κ1) is 25.2. The minimum atomic E-state index is -3.89. The summed E-state index contributed by atoms with van der Waals surface area (Å²) >= 11 is 0. The van der Waals surface area contributed by atoms with Crippen molar-refractivity contribution in [1.82, 2.24) is 9.55 Å². The molecule has 1 aromatic rings. The van der Waals surface area contributed by atoms with E-state index in [9.17, 15) is 19.3 Å². The Bertz CT molecular complexity index is 914. The quantitative estimate of drug-likeness (QED) is 0.465. The molecule has 0 spiro atoms. The molecule has 1 aromatic heterocycles. The van der Waals surface area contributed by atoms with E-state index in [2.05, 4.69) is 25.8 Å². The van der Waals surface area contributed by atoms with Crippen LogP contribution in [0.1, 0.15) is 39.0 Å². The molecule has 2 rings (SSSR count). The first-order valence-corrected chi connectivity index (χ1v) is 14.2. The predicted molar refractivity (Wildman–Crippen MR) is 114 cm³/mol. The van der Waals surface area contributed by atoms with E-state index in [1.165, 1.54) is 25.0 Å². The highest BCUT2D eigenvalue weighted by atomic mass is 31.2. The highest BCUT2D eigenvalue weighted by molar-refractivity contribution is 7.54. The zero-order chi connectivity index (χ0) is 23.1. The molecule has 0 radical (unpaired) electrons. The van der Waals surface area contributed by atoms with E-state index in [1.807, 2.05) is 13.1 Å². The Balaban J connectivity index is 2.46. The van der Waals surface area contributed by atoms with Crippen LogP contribution in [0.2, 0.25) is 18.1 Å². The molecular formula is C18H33N2O8PSi. The van der Waals surface area contributed by atoms with Crippen molar-refractivity contribution in [1.29, 1.82) is 0 Å². The number of aromatic amines is 1. The van der Waals surface area contributed by atoms with Crippen molar-refractivity contribution in [3.8, 4) is 0 Å². The molecule has 4 atom stereocenters. The van der Waals surface area contributed by atoms with Gasteiger partial charge in [-0.15, -0.1) is 0 Å². The normalized spacial score (nSPS) is 24.2. The summed E-state index contributed by atoms with van der Waals surface area (Å²) < 4.78 is 36.4. The van der Waals surface area contributed by atoms with Gasteiger partial charge in [-0.2, -0.15) is 0 Å². The first-order valence-electron chi connectivity index (χ1n) is 9.71. The predicted octanol–water partition coefficient (Wildman–Crippen LogP) is 2.33. The molecule has 172 valence electrons. The van der Waals surface area contributed by atoms with Crippen molar-refractivity contribution in [3.63, 3.8) is 0 Å². The number of rotatable bonds is 7. The zero-order valence-electron chi connectivity index (χ0n) is 18.8. The Morgan fingerprint density at radius 3 is 2.37 bits per heavy atom. The Labute approximate surface area is 177 Å². The molecule has 2 N–H and O–H groups in total. The third-order valence-electron chi connectivity index (χ3n) is 5.95. The molecule has 0 amide bonds. The molecule has 12 heteroatoms. The lowest BCUT2D eigenvalue weighted by atomic mass is 10.2. The molecule has 0 unspecified atom stereocenters. The lowest BCUT2D eigenvalue weighted by Gasteiger charge is -2.40. The van der Waals surface area contributed by atoms with Crippen LogP contribution in [0.4, 0.5) is 0 Å². The van der Waals surface area contributed by atoms with Gasteiger partial charge in [0.05, 0.1) is 6.10 Å². The van der Waals surface area contributed by atoms with Crippen LogP contribution in [0.25, 0.3) is 0 Å².